The van der Waals surface area contributed by atoms with Crippen LogP contribution in [0.15, 0.2) is 30.3 Å². The summed E-state index contributed by atoms with van der Waals surface area (Å²) in [6, 6.07) is 8.38. The van der Waals surface area contributed by atoms with Gasteiger partial charge in [0.25, 0.3) is 5.91 Å². The van der Waals surface area contributed by atoms with Crippen LogP contribution in [0, 0.1) is 19.8 Å². The highest BCUT2D eigenvalue weighted by molar-refractivity contribution is 5.93. The van der Waals surface area contributed by atoms with Crippen LogP contribution in [-0.4, -0.2) is 15.5 Å². The smallest absolute Gasteiger partial charge is 0.319 e. The number of hydrogen-bond donors (Lipinski definition) is 1. The molecule has 0 radical (unpaired) electrons. The lowest BCUT2D eigenvalue weighted by atomic mass is 10.1. The van der Waals surface area contributed by atoms with Crippen molar-refractivity contribution >= 4 is 5.91 Å². The lowest BCUT2D eigenvalue weighted by molar-refractivity contribution is 0.0612. The number of pyridine rings is 1. The zero-order valence-electron chi connectivity index (χ0n) is 13.1. The average Bonchev–Trinajstić information content (AvgIpc) is 3.26. The Balaban J connectivity index is 1.85. The molecule has 0 spiro atoms. The average molecular weight is 319 g/mol. The summed E-state index contributed by atoms with van der Waals surface area (Å²) in [5.41, 5.74) is 2.00. The van der Waals surface area contributed by atoms with Crippen LogP contribution in [0.2, 0.25) is 0 Å². The molecule has 0 aromatic carbocycles. The fourth-order valence-electron chi connectivity index (χ4n) is 2.81. The Hall–Kier alpha value is -2.24. The molecule has 2 heterocycles. The van der Waals surface area contributed by atoms with Crippen LogP contribution in [0.3, 0.4) is 0 Å². The van der Waals surface area contributed by atoms with Crippen LogP contribution in [-0.2, 0) is 0 Å². The molecular formula is C17H19F2N3O. The summed E-state index contributed by atoms with van der Waals surface area (Å²) in [5.74, 6) is -0.164. The Morgan fingerprint density at radius 2 is 2.00 bits per heavy atom. The fraction of sp³-hybridized carbons (Fsp3) is 0.412. The third-order valence-electron chi connectivity index (χ3n) is 4.16. The maximum absolute atomic E-state index is 13.1. The highest BCUT2D eigenvalue weighted by Gasteiger charge is 2.35. The van der Waals surface area contributed by atoms with Crippen LogP contribution in [0.1, 0.15) is 53.0 Å². The van der Waals surface area contributed by atoms with Crippen LogP contribution >= 0.6 is 0 Å². The normalized spacial score (nSPS) is 15.7. The lowest BCUT2D eigenvalue weighted by Crippen LogP contribution is -2.32. The number of alkyl halides is 2. The van der Waals surface area contributed by atoms with Crippen LogP contribution in [0.4, 0.5) is 8.78 Å². The van der Waals surface area contributed by atoms with Gasteiger partial charge in [0.15, 0.2) is 0 Å². The van der Waals surface area contributed by atoms with Gasteiger partial charge in [-0.25, -0.2) is 0 Å². The van der Waals surface area contributed by atoms with Gasteiger partial charge < -0.3 is 5.32 Å². The second kappa shape index (κ2) is 6.10. The van der Waals surface area contributed by atoms with E-state index < -0.39 is 12.5 Å². The Morgan fingerprint density at radius 1 is 1.26 bits per heavy atom. The first kappa shape index (κ1) is 15.6. The second-order valence-electron chi connectivity index (χ2n) is 6.00. The van der Waals surface area contributed by atoms with Crippen molar-refractivity contribution in [2.75, 3.05) is 0 Å². The lowest BCUT2D eigenvalue weighted by Gasteiger charge is -2.19. The Kier molecular flexibility index (Phi) is 4.15. The Bertz CT molecular complexity index is 722. The predicted molar refractivity (Wildman–Crippen MR) is 82.3 cm³/mol. The van der Waals surface area contributed by atoms with E-state index in [1.165, 1.54) is 12.1 Å². The molecule has 3 rings (SSSR count). The van der Waals surface area contributed by atoms with Crippen LogP contribution in [0.25, 0.3) is 0 Å². The minimum Gasteiger partial charge on any atom is -0.342 e. The minimum atomic E-state index is -2.73. The maximum atomic E-state index is 13.1. The molecule has 0 saturated heterocycles. The summed E-state index contributed by atoms with van der Waals surface area (Å²) >= 11 is 0. The van der Waals surface area contributed by atoms with E-state index in [0.717, 1.165) is 28.8 Å². The predicted octanol–water partition coefficient (Wildman–Crippen LogP) is 3.78. The minimum absolute atomic E-state index is 0.0178. The van der Waals surface area contributed by atoms with Gasteiger partial charge in [-0.05, 0) is 56.9 Å². The molecule has 2 aromatic heterocycles. The van der Waals surface area contributed by atoms with Gasteiger partial charge in [0, 0.05) is 11.4 Å². The molecule has 1 saturated carbocycles. The first-order valence-corrected chi connectivity index (χ1v) is 7.68. The molecular weight excluding hydrogens is 300 g/mol. The number of aromatic nitrogens is 2. The van der Waals surface area contributed by atoms with Crippen LogP contribution in [0.5, 0.6) is 0 Å². The highest BCUT2D eigenvalue weighted by atomic mass is 19.3. The highest BCUT2D eigenvalue weighted by Crippen LogP contribution is 2.40. The number of amides is 1. The molecule has 122 valence electrons. The number of carbonyl (C=O) groups is 1. The zero-order valence-corrected chi connectivity index (χ0v) is 13.1. The van der Waals surface area contributed by atoms with Crippen molar-refractivity contribution in [3.05, 3.63) is 53.1 Å². The van der Waals surface area contributed by atoms with Gasteiger partial charge >= 0.3 is 6.55 Å². The maximum Gasteiger partial charge on any atom is 0.319 e. The van der Waals surface area contributed by atoms with Crippen molar-refractivity contribution < 1.29 is 13.6 Å². The van der Waals surface area contributed by atoms with Crippen molar-refractivity contribution in [3.8, 4) is 0 Å². The molecule has 6 heteroatoms. The third-order valence-corrected chi connectivity index (χ3v) is 4.16. The van der Waals surface area contributed by atoms with E-state index >= 15 is 0 Å². The number of aryl methyl sites for hydroxylation is 2. The summed E-state index contributed by atoms with van der Waals surface area (Å²) in [4.78, 5) is 17.0. The van der Waals surface area contributed by atoms with E-state index in [1.54, 1.807) is 6.92 Å². The number of halogens is 2. The molecule has 1 N–H and O–H groups in total. The number of hydrogen-bond acceptors (Lipinski definition) is 2. The van der Waals surface area contributed by atoms with Gasteiger partial charge in [0.1, 0.15) is 5.69 Å². The third kappa shape index (κ3) is 3.25. The summed E-state index contributed by atoms with van der Waals surface area (Å²) in [6.07, 6.45) is 2.02. The van der Waals surface area contributed by atoms with Gasteiger partial charge in [0.05, 0.1) is 11.7 Å². The SMILES string of the molecule is Cc1cccc(C(NC(=O)c2ccc(C)n2C(F)F)C2CC2)n1. The first-order chi connectivity index (χ1) is 11.0. The van der Waals surface area contributed by atoms with Crippen LogP contribution < -0.4 is 5.32 Å². The standard InChI is InChI=1S/C17H19F2N3O/c1-10-4-3-5-13(20-10)15(12-7-8-12)21-16(23)14-9-6-11(2)22(14)17(18)19/h3-6,9,12,15,17H,7-8H2,1-2H3,(H,21,23). The van der Waals surface area contributed by atoms with Gasteiger partial charge in [-0.15, -0.1) is 0 Å². The first-order valence-electron chi connectivity index (χ1n) is 7.68. The molecule has 23 heavy (non-hydrogen) atoms. The molecule has 1 fully saturated rings. The Morgan fingerprint density at radius 3 is 2.61 bits per heavy atom. The molecule has 1 unspecified atom stereocenters. The van der Waals surface area contributed by atoms with E-state index in [4.69, 9.17) is 0 Å². The van der Waals surface area contributed by atoms with Gasteiger partial charge in [-0.3, -0.25) is 14.3 Å². The van der Waals surface area contributed by atoms with Gasteiger partial charge in [-0.1, -0.05) is 6.07 Å². The number of rotatable bonds is 5. The summed E-state index contributed by atoms with van der Waals surface area (Å²) in [5, 5.41) is 2.89. The quantitative estimate of drug-likeness (QED) is 0.912. The van der Waals surface area contributed by atoms with Gasteiger partial charge in [-0.2, -0.15) is 8.78 Å². The van der Waals surface area contributed by atoms with Crippen molar-refractivity contribution in [1.82, 2.24) is 14.9 Å². The van der Waals surface area contributed by atoms with E-state index in [0.29, 0.717) is 11.6 Å². The number of carbonyl (C=O) groups excluding carboxylic acids is 1. The van der Waals surface area contributed by atoms with E-state index in [9.17, 15) is 13.6 Å². The topological polar surface area (TPSA) is 46.9 Å². The van der Waals surface area contributed by atoms with Crippen molar-refractivity contribution in [3.63, 3.8) is 0 Å². The van der Waals surface area contributed by atoms with Crippen molar-refractivity contribution in [2.24, 2.45) is 5.92 Å². The molecule has 0 aliphatic heterocycles. The summed E-state index contributed by atoms with van der Waals surface area (Å²) in [7, 11) is 0. The van der Waals surface area contributed by atoms with E-state index in [2.05, 4.69) is 10.3 Å². The van der Waals surface area contributed by atoms with Crippen molar-refractivity contribution in [1.29, 1.82) is 0 Å². The summed E-state index contributed by atoms with van der Waals surface area (Å²) < 4.78 is 27.0. The van der Waals surface area contributed by atoms with Gasteiger partial charge in [0.2, 0.25) is 0 Å². The fourth-order valence-corrected chi connectivity index (χ4v) is 2.81. The largest absolute Gasteiger partial charge is 0.342 e. The van der Waals surface area contributed by atoms with E-state index in [-0.39, 0.29) is 11.7 Å². The molecule has 1 aliphatic rings. The molecule has 2 aromatic rings. The number of nitrogens with one attached hydrogen (secondary N) is 1. The number of nitrogens with zero attached hydrogens (tertiary/aromatic N) is 2. The molecule has 1 atom stereocenters. The Labute approximate surface area is 133 Å². The zero-order chi connectivity index (χ0) is 16.6. The second-order valence-corrected chi connectivity index (χ2v) is 6.00. The molecule has 1 aliphatic carbocycles. The molecule has 0 bridgehead atoms. The molecule has 1 amide bonds. The monoisotopic (exact) mass is 319 g/mol. The molecule has 4 nitrogen and oxygen atoms in total. The van der Waals surface area contributed by atoms with Crippen molar-refractivity contribution in [2.45, 2.75) is 39.3 Å². The summed E-state index contributed by atoms with van der Waals surface area (Å²) in [6.45, 7) is 0.714. The van der Waals surface area contributed by atoms with E-state index in [1.807, 2.05) is 25.1 Å².